The van der Waals surface area contributed by atoms with Crippen LogP contribution in [0.2, 0.25) is 0 Å². The lowest BCUT2D eigenvalue weighted by Crippen LogP contribution is -2.07. The van der Waals surface area contributed by atoms with Gasteiger partial charge in [0.2, 0.25) is 5.95 Å². The highest BCUT2D eigenvalue weighted by atomic mass is 16.1. The molecular formula is C12H14N4O. The van der Waals surface area contributed by atoms with Crippen LogP contribution >= 0.6 is 0 Å². The Morgan fingerprint density at radius 3 is 2.94 bits per heavy atom. The van der Waals surface area contributed by atoms with Gasteiger partial charge in [-0.05, 0) is 12.1 Å². The van der Waals surface area contributed by atoms with Gasteiger partial charge in [0.25, 0.3) is 0 Å². The summed E-state index contributed by atoms with van der Waals surface area (Å²) >= 11 is 0. The number of carbonyl (C=O) groups is 1. The third kappa shape index (κ3) is 3.14. The van der Waals surface area contributed by atoms with Crippen molar-refractivity contribution in [3.63, 3.8) is 0 Å². The van der Waals surface area contributed by atoms with E-state index in [9.17, 15) is 4.79 Å². The summed E-state index contributed by atoms with van der Waals surface area (Å²) in [6, 6.07) is 5.83. The third-order valence-electron chi connectivity index (χ3n) is 2.35. The number of nitrogens with zero attached hydrogens (tertiary/aromatic N) is 2. The highest BCUT2D eigenvalue weighted by Crippen LogP contribution is 2.03. The average Bonchev–Trinajstić information content (AvgIpc) is 2.79. The maximum atomic E-state index is 11.0. The largest absolute Gasteiger partial charge is 0.355 e. The maximum Gasteiger partial charge on any atom is 0.200 e. The Hall–Kier alpha value is -2.17. The first kappa shape index (κ1) is 11.3. The van der Waals surface area contributed by atoms with Gasteiger partial charge in [0.05, 0.1) is 6.20 Å². The number of imidazole rings is 1. The van der Waals surface area contributed by atoms with Crippen LogP contribution in [0.25, 0.3) is 0 Å². The van der Waals surface area contributed by atoms with Gasteiger partial charge >= 0.3 is 0 Å². The van der Waals surface area contributed by atoms with Gasteiger partial charge in [-0.2, -0.15) is 0 Å². The number of Topliss-reactive ketones (excluding diaryl/α,β-unsaturated/α-hetero) is 1. The second kappa shape index (κ2) is 5.25. The van der Waals surface area contributed by atoms with E-state index in [1.165, 1.54) is 13.1 Å². The lowest BCUT2D eigenvalue weighted by molar-refractivity contribution is 0.101. The lowest BCUT2D eigenvalue weighted by Gasteiger charge is -2.02. The molecule has 2 rings (SSSR count). The summed E-state index contributed by atoms with van der Waals surface area (Å²) in [6.07, 6.45) is 4.12. The summed E-state index contributed by atoms with van der Waals surface area (Å²) in [5.74, 6) is 0.599. The predicted molar refractivity (Wildman–Crippen MR) is 65.0 cm³/mol. The van der Waals surface area contributed by atoms with Crippen molar-refractivity contribution < 1.29 is 4.79 Å². The summed E-state index contributed by atoms with van der Waals surface area (Å²) in [4.78, 5) is 22.2. The van der Waals surface area contributed by atoms with Gasteiger partial charge < -0.3 is 10.3 Å². The van der Waals surface area contributed by atoms with Crippen molar-refractivity contribution in [3.8, 4) is 0 Å². The van der Waals surface area contributed by atoms with Crippen LogP contribution in [0.4, 0.5) is 5.95 Å². The molecule has 0 saturated heterocycles. The number of hydrogen-bond acceptors (Lipinski definition) is 4. The Labute approximate surface area is 99.3 Å². The molecule has 2 aromatic heterocycles. The van der Waals surface area contributed by atoms with E-state index in [4.69, 9.17) is 0 Å². The first-order valence-electron chi connectivity index (χ1n) is 5.45. The Bertz CT molecular complexity index is 492. The van der Waals surface area contributed by atoms with Crippen molar-refractivity contribution in [2.75, 3.05) is 11.9 Å². The van der Waals surface area contributed by atoms with Crippen molar-refractivity contribution in [1.29, 1.82) is 0 Å². The molecule has 2 N–H and O–H groups in total. The topological polar surface area (TPSA) is 70.7 Å². The van der Waals surface area contributed by atoms with Gasteiger partial charge in [0.1, 0.15) is 5.69 Å². The number of rotatable bonds is 5. The van der Waals surface area contributed by atoms with E-state index in [0.29, 0.717) is 11.6 Å². The molecular weight excluding hydrogens is 216 g/mol. The second-order valence-electron chi connectivity index (χ2n) is 3.70. The number of ketones is 1. The molecule has 5 heteroatoms. The normalized spacial score (nSPS) is 10.2. The first-order chi connectivity index (χ1) is 8.25. The van der Waals surface area contributed by atoms with Crippen molar-refractivity contribution in [3.05, 3.63) is 42.0 Å². The fraction of sp³-hybridized carbons (Fsp3) is 0.250. The van der Waals surface area contributed by atoms with Crippen molar-refractivity contribution in [2.45, 2.75) is 13.3 Å². The molecule has 17 heavy (non-hydrogen) atoms. The number of nitrogens with one attached hydrogen (secondary N) is 2. The molecule has 0 aliphatic rings. The number of carbonyl (C=O) groups excluding carboxylic acids is 1. The molecule has 2 aromatic rings. The molecule has 5 nitrogen and oxygen atoms in total. The van der Waals surface area contributed by atoms with E-state index in [1.807, 2.05) is 18.2 Å². The van der Waals surface area contributed by atoms with Crippen molar-refractivity contribution >= 4 is 11.7 Å². The molecule has 88 valence electrons. The van der Waals surface area contributed by atoms with Gasteiger partial charge in [-0.25, -0.2) is 4.98 Å². The number of aromatic amines is 1. The molecule has 0 aliphatic heterocycles. The van der Waals surface area contributed by atoms with Gasteiger partial charge in [-0.1, -0.05) is 6.07 Å². The minimum absolute atomic E-state index is 0.0183. The summed E-state index contributed by atoms with van der Waals surface area (Å²) in [7, 11) is 0. The molecule has 0 aliphatic carbocycles. The van der Waals surface area contributed by atoms with Crippen molar-refractivity contribution in [1.82, 2.24) is 15.0 Å². The Morgan fingerprint density at radius 1 is 1.41 bits per heavy atom. The van der Waals surface area contributed by atoms with E-state index in [1.54, 1.807) is 6.20 Å². The van der Waals surface area contributed by atoms with Crippen LogP contribution in [0.3, 0.4) is 0 Å². The van der Waals surface area contributed by atoms with Crippen LogP contribution < -0.4 is 5.32 Å². The monoisotopic (exact) mass is 230 g/mol. The molecule has 0 saturated carbocycles. The smallest absolute Gasteiger partial charge is 0.200 e. The summed E-state index contributed by atoms with van der Waals surface area (Å²) in [6.45, 7) is 2.23. The number of pyridine rings is 1. The van der Waals surface area contributed by atoms with E-state index >= 15 is 0 Å². The molecule has 0 radical (unpaired) electrons. The van der Waals surface area contributed by atoms with Crippen LogP contribution in [0.5, 0.6) is 0 Å². The summed E-state index contributed by atoms with van der Waals surface area (Å²) in [5.41, 5.74) is 1.55. The standard InChI is InChI=1S/C12H14N4O/c1-9(17)11-8-15-12(16-11)14-7-5-10-4-2-3-6-13-10/h2-4,6,8H,5,7H2,1H3,(H2,14,15,16). The van der Waals surface area contributed by atoms with Gasteiger partial charge in [-0.15, -0.1) is 0 Å². The molecule has 0 aromatic carbocycles. The summed E-state index contributed by atoms with van der Waals surface area (Å²) in [5, 5.41) is 3.11. The van der Waals surface area contributed by atoms with Gasteiger partial charge in [-0.3, -0.25) is 9.78 Å². The maximum absolute atomic E-state index is 11.0. The SMILES string of the molecule is CC(=O)c1cnc(NCCc2ccccn2)[nH]1. The van der Waals surface area contributed by atoms with E-state index in [0.717, 1.165) is 18.7 Å². The second-order valence-corrected chi connectivity index (χ2v) is 3.70. The van der Waals surface area contributed by atoms with Crippen LogP contribution in [-0.2, 0) is 6.42 Å². The third-order valence-corrected chi connectivity index (χ3v) is 2.35. The lowest BCUT2D eigenvalue weighted by atomic mass is 10.3. The van der Waals surface area contributed by atoms with E-state index in [2.05, 4.69) is 20.3 Å². The molecule has 0 spiro atoms. The number of hydrogen-bond donors (Lipinski definition) is 2. The zero-order chi connectivity index (χ0) is 12.1. The highest BCUT2D eigenvalue weighted by Gasteiger charge is 2.03. The molecule has 0 amide bonds. The fourth-order valence-electron chi connectivity index (χ4n) is 1.44. The Balaban J connectivity index is 1.84. The average molecular weight is 230 g/mol. The van der Waals surface area contributed by atoms with Crippen LogP contribution in [-0.4, -0.2) is 27.3 Å². The van der Waals surface area contributed by atoms with E-state index in [-0.39, 0.29) is 5.78 Å². The zero-order valence-corrected chi connectivity index (χ0v) is 9.60. The van der Waals surface area contributed by atoms with Crippen molar-refractivity contribution in [2.24, 2.45) is 0 Å². The summed E-state index contributed by atoms with van der Waals surface area (Å²) < 4.78 is 0. The molecule has 0 bridgehead atoms. The minimum Gasteiger partial charge on any atom is -0.355 e. The Kier molecular flexibility index (Phi) is 3.49. The highest BCUT2D eigenvalue weighted by molar-refractivity contribution is 5.92. The fourth-order valence-corrected chi connectivity index (χ4v) is 1.44. The van der Waals surface area contributed by atoms with Crippen LogP contribution in [0, 0.1) is 0 Å². The Morgan fingerprint density at radius 2 is 2.29 bits per heavy atom. The number of anilines is 1. The number of aromatic nitrogens is 3. The number of H-pyrrole nitrogens is 1. The van der Waals surface area contributed by atoms with E-state index < -0.39 is 0 Å². The van der Waals surface area contributed by atoms with Crippen LogP contribution in [0.1, 0.15) is 23.1 Å². The van der Waals surface area contributed by atoms with Gasteiger partial charge in [0.15, 0.2) is 5.78 Å². The predicted octanol–water partition coefficient (Wildman–Crippen LogP) is 1.66. The zero-order valence-electron chi connectivity index (χ0n) is 9.60. The molecule has 2 heterocycles. The first-order valence-corrected chi connectivity index (χ1v) is 5.45. The minimum atomic E-state index is -0.0183. The molecule has 0 fully saturated rings. The molecule has 0 unspecified atom stereocenters. The molecule has 0 atom stereocenters. The van der Waals surface area contributed by atoms with Crippen LogP contribution in [0.15, 0.2) is 30.6 Å². The quantitative estimate of drug-likeness (QED) is 0.766. The van der Waals surface area contributed by atoms with Gasteiger partial charge in [0, 0.05) is 31.8 Å².